The lowest BCUT2D eigenvalue weighted by atomic mass is 10.1. The van der Waals surface area contributed by atoms with Crippen LogP contribution in [0.3, 0.4) is 0 Å². The van der Waals surface area contributed by atoms with Crippen LogP contribution in [0.25, 0.3) is 11.5 Å². The molecule has 0 bridgehead atoms. The lowest BCUT2D eigenvalue weighted by Gasteiger charge is -2.34. The molecule has 2 aromatic carbocycles. The van der Waals surface area contributed by atoms with Crippen LogP contribution in [0, 0.1) is 6.92 Å². The Morgan fingerprint density at radius 1 is 1.11 bits per heavy atom. The number of anilines is 1. The SMILES string of the molecule is Cc1cccc(-c2nc(C(C)C)no2)c1NC(=O)c1cccc(S(=O)(=O)N2CC(C)OC(C)C2)c1. The molecule has 10 heteroatoms. The smallest absolute Gasteiger partial charge is 0.260 e. The van der Waals surface area contributed by atoms with E-state index in [0.717, 1.165) is 5.56 Å². The van der Waals surface area contributed by atoms with Gasteiger partial charge in [0.2, 0.25) is 10.0 Å². The summed E-state index contributed by atoms with van der Waals surface area (Å²) in [5.74, 6) is 0.533. The predicted molar refractivity (Wildman–Crippen MR) is 132 cm³/mol. The molecule has 1 saturated heterocycles. The van der Waals surface area contributed by atoms with E-state index < -0.39 is 15.9 Å². The molecule has 0 aliphatic carbocycles. The van der Waals surface area contributed by atoms with Crippen LogP contribution in [-0.4, -0.2) is 54.1 Å². The highest BCUT2D eigenvalue weighted by Gasteiger charge is 2.32. The van der Waals surface area contributed by atoms with Crippen molar-refractivity contribution in [2.75, 3.05) is 18.4 Å². The van der Waals surface area contributed by atoms with Crippen LogP contribution in [-0.2, 0) is 14.8 Å². The number of carbonyl (C=O) groups excluding carboxylic acids is 1. The highest BCUT2D eigenvalue weighted by molar-refractivity contribution is 7.89. The number of amides is 1. The van der Waals surface area contributed by atoms with Gasteiger partial charge < -0.3 is 14.6 Å². The lowest BCUT2D eigenvalue weighted by molar-refractivity contribution is -0.0440. The number of rotatable bonds is 6. The molecule has 186 valence electrons. The van der Waals surface area contributed by atoms with Gasteiger partial charge >= 0.3 is 0 Å². The summed E-state index contributed by atoms with van der Waals surface area (Å²) in [6.45, 7) is 10.0. The van der Waals surface area contributed by atoms with Crippen molar-refractivity contribution < 1.29 is 22.5 Å². The molecule has 1 amide bonds. The number of ether oxygens (including phenoxy) is 1. The van der Waals surface area contributed by atoms with Gasteiger partial charge in [0, 0.05) is 24.6 Å². The first-order chi connectivity index (χ1) is 16.6. The standard InChI is InChI=1S/C25H30N4O5S/c1-15(2)23-27-25(34-28-23)21-11-6-8-16(3)22(21)26-24(30)19-9-7-10-20(12-19)35(31,32)29-13-17(4)33-18(5)14-29/h6-12,15,17-18H,13-14H2,1-5H3,(H,26,30). The molecule has 1 aliphatic heterocycles. The summed E-state index contributed by atoms with van der Waals surface area (Å²) in [5.41, 5.74) is 2.15. The number of aromatic nitrogens is 2. The number of carbonyl (C=O) groups is 1. The molecule has 2 heterocycles. The van der Waals surface area contributed by atoms with E-state index in [1.54, 1.807) is 18.2 Å². The Bertz CT molecular complexity index is 1330. The molecular formula is C25H30N4O5S. The van der Waals surface area contributed by atoms with E-state index in [-0.39, 0.29) is 41.7 Å². The maximum absolute atomic E-state index is 13.3. The Morgan fingerprint density at radius 3 is 2.46 bits per heavy atom. The number of morpholine rings is 1. The molecule has 0 saturated carbocycles. The number of hydrogen-bond acceptors (Lipinski definition) is 7. The van der Waals surface area contributed by atoms with Gasteiger partial charge in [-0.1, -0.05) is 37.2 Å². The van der Waals surface area contributed by atoms with Gasteiger partial charge in [0.15, 0.2) is 5.82 Å². The fraction of sp³-hybridized carbons (Fsp3) is 0.400. The van der Waals surface area contributed by atoms with Gasteiger partial charge in [-0.15, -0.1) is 0 Å². The van der Waals surface area contributed by atoms with E-state index in [1.807, 2.05) is 46.8 Å². The summed E-state index contributed by atoms with van der Waals surface area (Å²) in [4.78, 5) is 17.7. The zero-order valence-electron chi connectivity index (χ0n) is 20.5. The third kappa shape index (κ3) is 5.29. The second-order valence-corrected chi connectivity index (χ2v) is 11.1. The molecule has 9 nitrogen and oxygen atoms in total. The van der Waals surface area contributed by atoms with E-state index in [9.17, 15) is 13.2 Å². The number of para-hydroxylation sites is 1. The quantitative estimate of drug-likeness (QED) is 0.541. The lowest BCUT2D eigenvalue weighted by Crippen LogP contribution is -2.48. The predicted octanol–water partition coefficient (Wildman–Crippen LogP) is 4.22. The molecule has 0 spiro atoms. The van der Waals surface area contributed by atoms with E-state index in [2.05, 4.69) is 15.5 Å². The van der Waals surface area contributed by atoms with Crippen molar-refractivity contribution in [3.63, 3.8) is 0 Å². The molecule has 1 fully saturated rings. The van der Waals surface area contributed by atoms with E-state index in [0.29, 0.717) is 23.0 Å². The minimum absolute atomic E-state index is 0.0648. The molecule has 2 unspecified atom stereocenters. The molecular weight excluding hydrogens is 468 g/mol. The minimum Gasteiger partial charge on any atom is -0.373 e. The van der Waals surface area contributed by atoms with Gasteiger partial charge in [0.1, 0.15) is 0 Å². The topological polar surface area (TPSA) is 115 Å². The second-order valence-electron chi connectivity index (χ2n) is 9.17. The summed E-state index contributed by atoms with van der Waals surface area (Å²) in [6.07, 6.45) is -0.416. The van der Waals surface area contributed by atoms with Crippen LogP contribution in [0.5, 0.6) is 0 Å². The Labute approximate surface area is 205 Å². The second kappa shape index (κ2) is 9.88. The summed E-state index contributed by atoms with van der Waals surface area (Å²) < 4.78 is 39.1. The largest absolute Gasteiger partial charge is 0.373 e. The molecule has 1 N–H and O–H groups in total. The average molecular weight is 499 g/mol. The zero-order chi connectivity index (χ0) is 25.3. The Hall–Kier alpha value is -3.08. The molecule has 35 heavy (non-hydrogen) atoms. The van der Waals surface area contributed by atoms with Crippen molar-refractivity contribution in [1.29, 1.82) is 0 Å². The van der Waals surface area contributed by atoms with Crippen molar-refractivity contribution in [1.82, 2.24) is 14.4 Å². The van der Waals surface area contributed by atoms with Gasteiger partial charge in [-0.2, -0.15) is 9.29 Å². The first kappa shape index (κ1) is 25.0. The van der Waals surface area contributed by atoms with Gasteiger partial charge in [-0.3, -0.25) is 4.79 Å². The van der Waals surface area contributed by atoms with E-state index in [1.165, 1.54) is 16.4 Å². The van der Waals surface area contributed by atoms with Gasteiger partial charge in [-0.05, 0) is 50.6 Å². The maximum atomic E-state index is 13.3. The normalized spacial score (nSPS) is 19.1. The van der Waals surface area contributed by atoms with Crippen molar-refractivity contribution in [2.24, 2.45) is 0 Å². The van der Waals surface area contributed by atoms with Crippen molar-refractivity contribution in [3.8, 4) is 11.5 Å². The maximum Gasteiger partial charge on any atom is 0.260 e. The number of benzene rings is 2. The van der Waals surface area contributed by atoms with E-state index >= 15 is 0 Å². The van der Waals surface area contributed by atoms with E-state index in [4.69, 9.17) is 9.26 Å². The highest BCUT2D eigenvalue weighted by atomic mass is 32.2. The Morgan fingerprint density at radius 2 is 1.80 bits per heavy atom. The number of nitrogens with one attached hydrogen (secondary N) is 1. The monoisotopic (exact) mass is 498 g/mol. The van der Waals surface area contributed by atoms with Crippen LogP contribution in [0.15, 0.2) is 51.9 Å². The van der Waals surface area contributed by atoms with Gasteiger partial charge in [0.25, 0.3) is 11.8 Å². The number of nitrogens with zero attached hydrogens (tertiary/aromatic N) is 3. The zero-order valence-corrected chi connectivity index (χ0v) is 21.3. The molecule has 3 aromatic rings. The average Bonchev–Trinajstić information content (AvgIpc) is 3.30. The number of sulfonamides is 1. The summed E-state index contributed by atoms with van der Waals surface area (Å²) >= 11 is 0. The molecule has 2 atom stereocenters. The van der Waals surface area contributed by atoms with Crippen LogP contribution in [0.4, 0.5) is 5.69 Å². The van der Waals surface area contributed by atoms with Gasteiger partial charge in [-0.25, -0.2) is 8.42 Å². The van der Waals surface area contributed by atoms with Crippen LogP contribution < -0.4 is 5.32 Å². The third-order valence-electron chi connectivity index (χ3n) is 5.82. The fourth-order valence-electron chi connectivity index (χ4n) is 4.05. The Balaban J connectivity index is 1.62. The first-order valence-corrected chi connectivity index (χ1v) is 13.0. The molecule has 1 aromatic heterocycles. The van der Waals surface area contributed by atoms with Crippen LogP contribution >= 0.6 is 0 Å². The first-order valence-electron chi connectivity index (χ1n) is 11.6. The minimum atomic E-state index is -3.78. The van der Waals surface area contributed by atoms with Gasteiger partial charge in [0.05, 0.1) is 28.4 Å². The van der Waals surface area contributed by atoms with Crippen molar-refractivity contribution in [2.45, 2.75) is 57.6 Å². The molecule has 0 radical (unpaired) electrons. The summed E-state index contributed by atoms with van der Waals surface area (Å²) in [7, 11) is -3.78. The number of aryl methyl sites for hydroxylation is 1. The molecule has 1 aliphatic rings. The number of hydrogen-bond donors (Lipinski definition) is 1. The summed E-state index contributed by atoms with van der Waals surface area (Å²) in [5, 5.41) is 6.92. The van der Waals surface area contributed by atoms with Crippen molar-refractivity contribution in [3.05, 3.63) is 59.4 Å². The van der Waals surface area contributed by atoms with Crippen LogP contribution in [0.2, 0.25) is 0 Å². The fourth-order valence-corrected chi connectivity index (χ4v) is 5.69. The highest BCUT2D eigenvalue weighted by Crippen LogP contribution is 2.31. The third-order valence-corrected chi connectivity index (χ3v) is 7.65. The summed E-state index contributed by atoms with van der Waals surface area (Å²) in [6, 6.07) is 11.6. The molecule has 4 rings (SSSR count). The van der Waals surface area contributed by atoms with Crippen LogP contribution in [0.1, 0.15) is 55.4 Å². The Kier molecular flexibility index (Phi) is 7.07. The van der Waals surface area contributed by atoms with Crippen molar-refractivity contribution >= 4 is 21.6 Å².